The lowest BCUT2D eigenvalue weighted by Crippen LogP contribution is -2.44. The number of anilines is 1. The Bertz CT molecular complexity index is 574. The van der Waals surface area contributed by atoms with E-state index in [9.17, 15) is 9.59 Å². The number of hydrogen-bond donors (Lipinski definition) is 2. The van der Waals surface area contributed by atoms with Gasteiger partial charge in [0.2, 0.25) is 0 Å². The second-order valence-corrected chi connectivity index (χ2v) is 5.05. The molecular weight excluding hydrogens is 260 g/mol. The van der Waals surface area contributed by atoms with Crippen LogP contribution in [0.25, 0.3) is 0 Å². The fourth-order valence-corrected chi connectivity index (χ4v) is 3.08. The van der Waals surface area contributed by atoms with Crippen molar-refractivity contribution in [1.82, 2.24) is 5.32 Å². The normalized spacial score (nSPS) is 30.1. The molecule has 20 heavy (non-hydrogen) atoms. The van der Waals surface area contributed by atoms with E-state index in [0.29, 0.717) is 6.42 Å². The molecule has 2 heterocycles. The Balaban J connectivity index is 2.01. The van der Waals surface area contributed by atoms with E-state index in [1.165, 1.54) is 14.0 Å². The van der Waals surface area contributed by atoms with Crippen molar-refractivity contribution >= 4 is 17.6 Å². The molecular formula is C14H16N2O4. The number of carbonyl (C=O) groups excluding carboxylic acids is 2. The molecule has 0 aliphatic carbocycles. The van der Waals surface area contributed by atoms with Gasteiger partial charge in [0.15, 0.2) is 5.60 Å². The van der Waals surface area contributed by atoms with Gasteiger partial charge in [-0.05, 0) is 6.07 Å². The zero-order valence-electron chi connectivity index (χ0n) is 11.3. The van der Waals surface area contributed by atoms with Crippen LogP contribution >= 0.6 is 0 Å². The van der Waals surface area contributed by atoms with Crippen molar-refractivity contribution in [1.29, 1.82) is 0 Å². The highest BCUT2D eigenvalue weighted by molar-refractivity contribution is 5.78. The highest BCUT2D eigenvalue weighted by Crippen LogP contribution is 2.47. The summed E-state index contributed by atoms with van der Waals surface area (Å²) in [5.74, 6) is -0.731. The van der Waals surface area contributed by atoms with Crippen molar-refractivity contribution in [2.45, 2.75) is 31.2 Å². The van der Waals surface area contributed by atoms with Crippen LogP contribution in [-0.2, 0) is 24.7 Å². The number of rotatable bonds is 2. The van der Waals surface area contributed by atoms with Crippen LogP contribution in [-0.4, -0.2) is 31.3 Å². The lowest BCUT2D eigenvalue weighted by molar-refractivity contribution is -0.159. The summed E-state index contributed by atoms with van der Waals surface area (Å²) in [6.07, 6.45) is 0.0291. The summed E-state index contributed by atoms with van der Waals surface area (Å²) in [6, 6.07) is 7.14. The summed E-state index contributed by atoms with van der Waals surface area (Å²) in [6.45, 7) is 1.37. The number of benzene rings is 1. The van der Waals surface area contributed by atoms with Gasteiger partial charge in [0.05, 0.1) is 7.11 Å². The Hall–Kier alpha value is -2.08. The van der Waals surface area contributed by atoms with E-state index in [1.807, 2.05) is 24.3 Å². The van der Waals surface area contributed by atoms with Crippen molar-refractivity contribution < 1.29 is 19.1 Å². The van der Waals surface area contributed by atoms with Crippen LogP contribution in [0.3, 0.4) is 0 Å². The zero-order valence-corrected chi connectivity index (χ0v) is 11.3. The van der Waals surface area contributed by atoms with Crippen molar-refractivity contribution in [2.24, 2.45) is 0 Å². The Morgan fingerprint density at radius 1 is 1.35 bits per heavy atom. The Kier molecular flexibility index (Phi) is 2.90. The first-order valence-electron chi connectivity index (χ1n) is 6.46. The first kappa shape index (κ1) is 12.9. The van der Waals surface area contributed by atoms with Gasteiger partial charge in [-0.3, -0.25) is 14.9 Å². The molecule has 0 spiro atoms. The highest BCUT2D eigenvalue weighted by Gasteiger charge is 2.58. The summed E-state index contributed by atoms with van der Waals surface area (Å²) in [7, 11) is 1.35. The van der Waals surface area contributed by atoms with Gasteiger partial charge in [-0.2, -0.15) is 0 Å². The molecule has 2 N–H and O–H groups in total. The van der Waals surface area contributed by atoms with Crippen molar-refractivity contribution in [3.63, 3.8) is 0 Å². The number of fused-ring (bicyclic) bond motifs is 3. The van der Waals surface area contributed by atoms with Crippen LogP contribution in [0.2, 0.25) is 0 Å². The molecule has 0 amide bonds. The van der Waals surface area contributed by atoms with Gasteiger partial charge in [0.1, 0.15) is 12.2 Å². The second kappa shape index (κ2) is 4.49. The molecule has 6 heteroatoms. The highest BCUT2D eigenvalue weighted by atomic mass is 16.6. The molecule has 0 aromatic heterocycles. The third-order valence-corrected chi connectivity index (χ3v) is 3.84. The van der Waals surface area contributed by atoms with E-state index in [1.54, 1.807) is 0 Å². The summed E-state index contributed by atoms with van der Waals surface area (Å²) in [5, 5.41) is 6.39. The molecule has 1 fully saturated rings. The van der Waals surface area contributed by atoms with E-state index in [-0.39, 0.29) is 18.1 Å². The second-order valence-electron chi connectivity index (χ2n) is 5.05. The maximum absolute atomic E-state index is 11.7. The lowest BCUT2D eigenvalue weighted by atomic mass is 9.90. The summed E-state index contributed by atoms with van der Waals surface area (Å²) >= 11 is 0. The zero-order chi connectivity index (χ0) is 14.3. The molecule has 2 aliphatic heterocycles. The van der Waals surface area contributed by atoms with E-state index in [0.717, 1.165) is 11.3 Å². The molecule has 0 saturated carbocycles. The quantitative estimate of drug-likeness (QED) is 0.776. The summed E-state index contributed by atoms with van der Waals surface area (Å²) in [4.78, 5) is 23.2. The number of methoxy groups -OCH3 is 1. The van der Waals surface area contributed by atoms with E-state index >= 15 is 0 Å². The monoisotopic (exact) mass is 276 g/mol. The first-order valence-corrected chi connectivity index (χ1v) is 6.46. The van der Waals surface area contributed by atoms with E-state index in [2.05, 4.69) is 10.6 Å². The lowest BCUT2D eigenvalue weighted by Gasteiger charge is -2.28. The molecule has 0 bridgehead atoms. The molecule has 3 rings (SSSR count). The maximum atomic E-state index is 11.7. The molecule has 3 atom stereocenters. The summed E-state index contributed by atoms with van der Waals surface area (Å²) in [5.41, 5.74) is 0.940. The third kappa shape index (κ3) is 1.76. The fourth-order valence-electron chi connectivity index (χ4n) is 3.08. The van der Waals surface area contributed by atoms with Gasteiger partial charge in [-0.1, -0.05) is 18.2 Å². The van der Waals surface area contributed by atoms with E-state index < -0.39 is 11.6 Å². The number of nitrogens with one attached hydrogen (secondary N) is 2. The van der Waals surface area contributed by atoms with Crippen LogP contribution in [0.4, 0.5) is 5.69 Å². The predicted molar refractivity (Wildman–Crippen MR) is 70.9 cm³/mol. The predicted octanol–water partition coefficient (Wildman–Crippen LogP) is 0.731. The topological polar surface area (TPSA) is 76.7 Å². The largest absolute Gasteiger partial charge is 0.468 e. The summed E-state index contributed by atoms with van der Waals surface area (Å²) < 4.78 is 10.4. The van der Waals surface area contributed by atoms with Gasteiger partial charge in [0.25, 0.3) is 0 Å². The Morgan fingerprint density at radius 3 is 2.80 bits per heavy atom. The number of ether oxygens (including phenoxy) is 2. The minimum absolute atomic E-state index is 0.326. The van der Waals surface area contributed by atoms with Crippen LogP contribution in [0.1, 0.15) is 18.9 Å². The first-order chi connectivity index (χ1) is 9.56. The van der Waals surface area contributed by atoms with Gasteiger partial charge in [0, 0.05) is 24.6 Å². The Labute approximate surface area is 116 Å². The van der Waals surface area contributed by atoms with Crippen molar-refractivity contribution in [2.75, 3.05) is 12.4 Å². The molecule has 2 aliphatic rings. The average Bonchev–Trinajstić information content (AvgIpc) is 2.89. The molecule has 6 nitrogen and oxygen atoms in total. The fraction of sp³-hybridized carbons (Fsp3) is 0.429. The van der Waals surface area contributed by atoms with Crippen LogP contribution in [0.5, 0.6) is 0 Å². The van der Waals surface area contributed by atoms with Crippen LogP contribution in [0.15, 0.2) is 24.3 Å². The van der Waals surface area contributed by atoms with Crippen LogP contribution < -0.4 is 10.6 Å². The number of carbonyl (C=O) groups is 2. The number of hydrogen-bond acceptors (Lipinski definition) is 6. The maximum Gasteiger partial charge on any atom is 0.323 e. The van der Waals surface area contributed by atoms with E-state index in [4.69, 9.17) is 9.47 Å². The van der Waals surface area contributed by atoms with Gasteiger partial charge in [-0.15, -0.1) is 0 Å². The molecule has 106 valence electrons. The van der Waals surface area contributed by atoms with Gasteiger partial charge >= 0.3 is 11.9 Å². The number of para-hydroxylation sites is 1. The van der Waals surface area contributed by atoms with Crippen molar-refractivity contribution in [3.8, 4) is 0 Å². The average molecular weight is 276 g/mol. The minimum atomic E-state index is -0.860. The number of esters is 2. The third-order valence-electron chi connectivity index (χ3n) is 3.84. The SMILES string of the molecule is COC(=O)[C@@H]1C[C@]2(OC(C)=O)c3ccccc3N[C@@H]2N1. The Morgan fingerprint density at radius 2 is 2.10 bits per heavy atom. The molecule has 1 saturated heterocycles. The standard InChI is InChI=1S/C14H16N2O4/c1-8(17)20-14-7-11(12(18)19-2)16-13(14)15-10-6-4-3-5-9(10)14/h3-6,11,13,15-16H,7H2,1-2H3/t11-,13+,14-/m0/s1. The minimum Gasteiger partial charge on any atom is -0.468 e. The van der Waals surface area contributed by atoms with Crippen LogP contribution in [0, 0.1) is 0 Å². The molecule has 0 unspecified atom stereocenters. The van der Waals surface area contributed by atoms with Crippen molar-refractivity contribution in [3.05, 3.63) is 29.8 Å². The molecule has 1 aromatic rings. The van der Waals surface area contributed by atoms with Gasteiger partial charge in [-0.25, -0.2) is 0 Å². The molecule has 1 aromatic carbocycles. The smallest absolute Gasteiger partial charge is 0.323 e. The van der Waals surface area contributed by atoms with Gasteiger partial charge < -0.3 is 14.8 Å². The molecule has 0 radical (unpaired) electrons.